The topological polar surface area (TPSA) is 34.2 Å². The van der Waals surface area contributed by atoms with E-state index in [4.69, 9.17) is 4.42 Å². The van der Waals surface area contributed by atoms with Crippen molar-refractivity contribution in [1.82, 2.24) is 9.55 Å². The van der Waals surface area contributed by atoms with Crippen molar-refractivity contribution in [2.24, 2.45) is 0 Å². The molecule has 12 aromatic rings. The van der Waals surface area contributed by atoms with Gasteiger partial charge >= 0.3 is 0 Å². The first kappa shape index (κ1) is 34.8. The highest BCUT2D eigenvalue weighted by Gasteiger charge is 2.18. The van der Waals surface area contributed by atoms with Crippen LogP contribution in [0, 0.1) is 0 Å². The minimum Gasteiger partial charge on any atom is -0.456 e. The first-order valence-electron chi connectivity index (χ1n) is 20.7. The van der Waals surface area contributed by atoms with E-state index in [0.717, 1.165) is 72.3 Å². The minimum atomic E-state index is 0.863. The van der Waals surface area contributed by atoms with Gasteiger partial charge in [-0.1, -0.05) is 133 Å². The number of hydrogen-bond donors (Lipinski definition) is 0. The zero-order valence-corrected chi connectivity index (χ0v) is 33.1. The summed E-state index contributed by atoms with van der Waals surface area (Å²) in [5.74, 6) is 0. The quantitative estimate of drug-likeness (QED) is 0.162. The zero-order chi connectivity index (χ0) is 40.3. The average Bonchev–Trinajstić information content (AvgIpc) is 3.87. The van der Waals surface area contributed by atoms with Gasteiger partial charge in [-0.3, -0.25) is 4.98 Å². The summed E-state index contributed by atoms with van der Waals surface area (Å²) in [6.45, 7) is 0. The van der Waals surface area contributed by atoms with Crippen molar-refractivity contribution < 1.29 is 4.42 Å². The Morgan fingerprint density at radius 2 is 0.967 bits per heavy atom. The van der Waals surface area contributed by atoms with Gasteiger partial charge in [0.15, 0.2) is 0 Å². The Hall–Kier alpha value is -8.21. The molecule has 3 aromatic heterocycles. The molecule has 0 bridgehead atoms. The van der Waals surface area contributed by atoms with E-state index in [2.05, 4.69) is 215 Å². The molecular weight excluding hydrogens is 743 g/mol. The predicted molar refractivity (Wildman–Crippen MR) is 254 cm³/mol. The third-order valence-electron chi connectivity index (χ3n) is 12.1. The molecule has 0 saturated carbocycles. The van der Waals surface area contributed by atoms with Gasteiger partial charge in [0.05, 0.1) is 16.7 Å². The predicted octanol–water partition coefficient (Wildman–Crippen LogP) is 15.7. The van der Waals surface area contributed by atoms with Crippen molar-refractivity contribution in [1.29, 1.82) is 0 Å². The number of anilines is 3. The van der Waals surface area contributed by atoms with Gasteiger partial charge < -0.3 is 13.9 Å². The van der Waals surface area contributed by atoms with Crippen molar-refractivity contribution in [3.8, 4) is 39.1 Å². The number of furan rings is 1. The Morgan fingerprint density at radius 1 is 0.361 bits per heavy atom. The van der Waals surface area contributed by atoms with Crippen molar-refractivity contribution >= 4 is 71.6 Å². The maximum absolute atomic E-state index is 6.40. The third kappa shape index (κ3) is 5.96. The Morgan fingerprint density at radius 3 is 1.84 bits per heavy atom. The number of benzene rings is 9. The molecule has 3 heterocycles. The monoisotopic (exact) mass is 779 g/mol. The number of nitrogens with zero attached hydrogens (tertiary/aromatic N) is 3. The molecule has 286 valence electrons. The normalized spacial score (nSPS) is 11.6. The largest absolute Gasteiger partial charge is 0.456 e. The smallest absolute Gasteiger partial charge is 0.137 e. The van der Waals surface area contributed by atoms with Crippen LogP contribution in [0.2, 0.25) is 0 Å². The molecule has 0 aliphatic rings. The van der Waals surface area contributed by atoms with E-state index in [-0.39, 0.29) is 0 Å². The summed E-state index contributed by atoms with van der Waals surface area (Å²) in [6.07, 6.45) is 3.82. The van der Waals surface area contributed by atoms with Crippen molar-refractivity contribution in [2.75, 3.05) is 4.90 Å². The lowest BCUT2D eigenvalue weighted by molar-refractivity contribution is 0.669. The van der Waals surface area contributed by atoms with E-state index < -0.39 is 0 Å². The fraction of sp³-hybridized carbons (Fsp3) is 0. The molecule has 9 aromatic carbocycles. The highest BCUT2D eigenvalue weighted by molar-refractivity contribution is 6.11. The van der Waals surface area contributed by atoms with E-state index in [1.165, 1.54) is 38.3 Å². The summed E-state index contributed by atoms with van der Waals surface area (Å²) in [6, 6.07) is 76.1. The Bertz CT molecular complexity index is 3590. The molecule has 0 aliphatic carbocycles. The number of aromatic nitrogens is 2. The summed E-state index contributed by atoms with van der Waals surface area (Å²) in [5, 5.41) is 6.99. The van der Waals surface area contributed by atoms with E-state index >= 15 is 0 Å². The van der Waals surface area contributed by atoms with Crippen LogP contribution in [0.25, 0.3) is 93.6 Å². The van der Waals surface area contributed by atoms with Gasteiger partial charge in [0.1, 0.15) is 11.2 Å². The van der Waals surface area contributed by atoms with Crippen LogP contribution in [-0.4, -0.2) is 9.55 Å². The fourth-order valence-electron chi connectivity index (χ4n) is 9.15. The summed E-state index contributed by atoms with van der Waals surface area (Å²) in [4.78, 5) is 6.73. The van der Waals surface area contributed by atoms with Gasteiger partial charge in [0.25, 0.3) is 0 Å². The number of fused-ring (bicyclic) bond motifs is 7. The minimum absolute atomic E-state index is 0.863. The maximum atomic E-state index is 6.40. The fourth-order valence-corrected chi connectivity index (χ4v) is 9.15. The molecule has 0 aliphatic heterocycles. The molecule has 0 amide bonds. The number of para-hydroxylation sites is 2. The molecule has 4 heteroatoms. The van der Waals surface area contributed by atoms with Crippen molar-refractivity contribution in [3.05, 3.63) is 225 Å². The molecular formula is C57H37N3O. The summed E-state index contributed by atoms with van der Waals surface area (Å²) in [5.41, 5.74) is 15.4. The molecule has 61 heavy (non-hydrogen) atoms. The van der Waals surface area contributed by atoms with Crippen LogP contribution < -0.4 is 4.90 Å². The molecule has 0 spiro atoms. The molecule has 4 nitrogen and oxygen atoms in total. The first-order valence-corrected chi connectivity index (χ1v) is 20.7. The Labute approximate surface area is 352 Å². The van der Waals surface area contributed by atoms with Crippen LogP contribution in [0.15, 0.2) is 229 Å². The second-order valence-electron chi connectivity index (χ2n) is 15.6. The van der Waals surface area contributed by atoms with E-state index in [0.29, 0.717) is 0 Å². The summed E-state index contributed by atoms with van der Waals surface area (Å²) < 4.78 is 8.81. The van der Waals surface area contributed by atoms with E-state index in [9.17, 15) is 0 Å². The molecule has 0 atom stereocenters. The molecule has 0 radical (unpaired) electrons. The van der Waals surface area contributed by atoms with Gasteiger partial charge in [-0.25, -0.2) is 0 Å². The molecule has 0 saturated heterocycles. The van der Waals surface area contributed by atoms with Crippen LogP contribution in [0.1, 0.15) is 0 Å². The molecule has 0 fully saturated rings. The van der Waals surface area contributed by atoms with Crippen LogP contribution >= 0.6 is 0 Å². The van der Waals surface area contributed by atoms with Crippen LogP contribution in [0.4, 0.5) is 17.1 Å². The number of pyridine rings is 1. The van der Waals surface area contributed by atoms with Gasteiger partial charge in [-0.2, -0.15) is 0 Å². The summed E-state index contributed by atoms with van der Waals surface area (Å²) >= 11 is 0. The lowest BCUT2D eigenvalue weighted by Crippen LogP contribution is -2.10. The average molecular weight is 780 g/mol. The second kappa shape index (κ2) is 14.3. The van der Waals surface area contributed by atoms with Crippen LogP contribution in [0.3, 0.4) is 0 Å². The zero-order valence-electron chi connectivity index (χ0n) is 33.1. The van der Waals surface area contributed by atoms with Gasteiger partial charge in [-0.15, -0.1) is 0 Å². The van der Waals surface area contributed by atoms with Gasteiger partial charge in [-0.05, 0) is 106 Å². The highest BCUT2D eigenvalue weighted by atomic mass is 16.3. The number of rotatable bonds is 7. The maximum Gasteiger partial charge on any atom is 0.137 e. The van der Waals surface area contributed by atoms with Crippen LogP contribution in [0.5, 0.6) is 0 Å². The Balaban J connectivity index is 0.965. The third-order valence-corrected chi connectivity index (χ3v) is 12.1. The van der Waals surface area contributed by atoms with Gasteiger partial charge in [0, 0.05) is 67.8 Å². The van der Waals surface area contributed by atoms with Crippen molar-refractivity contribution in [3.63, 3.8) is 0 Å². The second-order valence-corrected chi connectivity index (χ2v) is 15.6. The molecule has 12 rings (SSSR count). The van der Waals surface area contributed by atoms with Gasteiger partial charge in [0.2, 0.25) is 0 Å². The van der Waals surface area contributed by atoms with Crippen LogP contribution in [-0.2, 0) is 0 Å². The summed E-state index contributed by atoms with van der Waals surface area (Å²) in [7, 11) is 0. The Kier molecular flexibility index (Phi) is 8.13. The number of hydrogen-bond acceptors (Lipinski definition) is 3. The lowest BCUT2D eigenvalue weighted by atomic mass is 9.97. The first-order chi connectivity index (χ1) is 30.2. The standard InChI is InChI=1S/C57H37N3O/c1-2-11-38(12-3-1)39-23-26-45(27-24-39)59(47-28-30-52-51-19-5-7-22-56(51)61-57(52)36-47)46-17-9-15-42(34-46)40-13-8-14-41(33-40)43-25-29-50-49-18-4-6-20-54(49)60(55(50)35-43)53-21-10-16-44-37-58-32-31-48(44)53/h1-37H. The lowest BCUT2D eigenvalue weighted by Gasteiger charge is -2.26. The molecule has 0 N–H and O–H groups in total. The van der Waals surface area contributed by atoms with E-state index in [1.54, 1.807) is 0 Å². The molecule has 0 unspecified atom stereocenters. The SMILES string of the molecule is c1ccc(-c2ccc(N(c3cccc(-c4cccc(-c5ccc6c7ccccc7n(-c7cccc8cnccc78)c6c5)c4)c3)c3ccc4c(c3)oc3ccccc34)cc2)cc1. The van der Waals surface area contributed by atoms with Crippen molar-refractivity contribution in [2.45, 2.75) is 0 Å². The van der Waals surface area contributed by atoms with E-state index in [1.807, 2.05) is 24.5 Å². The highest BCUT2D eigenvalue weighted by Crippen LogP contribution is 2.42.